The molecule has 2 aromatic rings. The highest BCUT2D eigenvalue weighted by Crippen LogP contribution is 2.27. The second kappa shape index (κ2) is 4.92. The van der Waals surface area contributed by atoms with Crippen molar-refractivity contribution in [2.75, 3.05) is 5.32 Å². The van der Waals surface area contributed by atoms with Crippen molar-refractivity contribution in [2.24, 2.45) is 5.14 Å². The monoisotopic (exact) mass is 304 g/mol. The summed E-state index contributed by atoms with van der Waals surface area (Å²) in [4.78, 5) is 9.37. The number of anilines is 1. The van der Waals surface area contributed by atoms with E-state index in [9.17, 15) is 8.42 Å². The number of nitrogens with two attached hydrogens (primary N) is 1. The second-order valence-corrected chi connectivity index (χ2v) is 7.79. The van der Waals surface area contributed by atoms with Gasteiger partial charge in [0, 0.05) is 11.1 Å². The molecule has 0 aliphatic carbocycles. The lowest BCUT2D eigenvalue weighted by molar-refractivity contribution is 0.599. The van der Waals surface area contributed by atoms with E-state index in [1.54, 1.807) is 17.5 Å². The number of nitrogens with zero attached hydrogens (tertiary/aromatic N) is 2. The predicted molar refractivity (Wildman–Crippen MR) is 72.4 cm³/mol. The average molecular weight is 304 g/mol. The molecule has 0 fully saturated rings. The Morgan fingerprint density at radius 3 is 2.56 bits per heavy atom. The molecule has 2 aromatic heterocycles. The van der Waals surface area contributed by atoms with Crippen LogP contribution in [0.1, 0.15) is 22.9 Å². The first-order valence-electron chi connectivity index (χ1n) is 5.04. The molecule has 98 valence electrons. The quantitative estimate of drug-likeness (QED) is 0.896. The Hall–Kier alpha value is -1.03. The maximum atomic E-state index is 11.1. The summed E-state index contributed by atoms with van der Waals surface area (Å²) in [6.07, 6.45) is 3.05. The predicted octanol–water partition coefficient (Wildman–Crippen LogP) is 1.73. The number of aromatic nitrogens is 2. The van der Waals surface area contributed by atoms with Gasteiger partial charge in [-0.3, -0.25) is 0 Å². The van der Waals surface area contributed by atoms with Crippen molar-refractivity contribution in [2.45, 2.75) is 24.1 Å². The van der Waals surface area contributed by atoms with Gasteiger partial charge in [-0.1, -0.05) is 11.3 Å². The van der Waals surface area contributed by atoms with Gasteiger partial charge in [0.05, 0.1) is 12.2 Å². The molecule has 6 nitrogen and oxygen atoms in total. The molecule has 0 aromatic carbocycles. The summed E-state index contributed by atoms with van der Waals surface area (Å²) in [6.45, 7) is 3.92. The van der Waals surface area contributed by atoms with E-state index in [0.717, 1.165) is 21.2 Å². The number of thiazole rings is 2. The maximum Gasteiger partial charge on any atom is 0.249 e. The van der Waals surface area contributed by atoms with Crippen LogP contribution in [0.2, 0.25) is 0 Å². The SMILES string of the molecule is Cc1cnc(C(C)Nc2ncc(S(N)(=O)=O)s2)s1. The molecule has 0 amide bonds. The van der Waals surface area contributed by atoms with E-state index in [1.165, 1.54) is 6.20 Å². The molecule has 1 unspecified atom stereocenters. The van der Waals surface area contributed by atoms with Gasteiger partial charge >= 0.3 is 0 Å². The van der Waals surface area contributed by atoms with Crippen LogP contribution in [0.15, 0.2) is 16.6 Å². The first-order chi connectivity index (χ1) is 8.36. The number of hydrogen-bond acceptors (Lipinski definition) is 7. The Labute approximate surface area is 113 Å². The molecular weight excluding hydrogens is 292 g/mol. The summed E-state index contributed by atoms with van der Waals surface area (Å²) in [5.74, 6) is 0. The average Bonchev–Trinajstić information content (AvgIpc) is 2.85. The second-order valence-electron chi connectivity index (χ2n) is 3.70. The number of sulfonamides is 1. The molecule has 1 atom stereocenters. The van der Waals surface area contributed by atoms with Crippen LogP contribution in [0.5, 0.6) is 0 Å². The van der Waals surface area contributed by atoms with Crippen LogP contribution in [-0.4, -0.2) is 18.4 Å². The highest BCUT2D eigenvalue weighted by atomic mass is 32.2. The minimum atomic E-state index is -3.68. The lowest BCUT2D eigenvalue weighted by atomic mass is 10.4. The Morgan fingerprint density at radius 2 is 2.06 bits per heavy atom. The van der Waals surface area contributed by atoms with Gasteiger partial charge in [0.15, 0.2) is 9.34 Å². The van der Waals surface area contributed by atoms with Crippen LogP contribution < -0.4 is 10.5 Å². The van der Waals surface area contributed by atoms with Crippen molar-refractivity contribution in [3.63, 3.8) is 0 Å². The zero-order chi connectivity index (χ0) is 13.3. The third-order valence-corrected chi connectivity index (χ3v) is 5.55. The van der Waals surface area contributed by atoms with Crippen molar-refractivity contribution in [3.05, 3.63) is 22.3 Å². The van der Waals surface area contributed by atoms with Crippen LogP contribution in [-0.2, 0) is 10.0 Å². The fourth-order valence-corrected chi connectivity index (χ4v) is 3.59. The van der Waals surface area contributed by atoms with Gasteiger partial charge in [-0.25, -0.2) is 23.5 Å². The Balaban J connectivity index is 2.13. The van der Waals surface area contributed by atoms with Gasteiger partial charge in [0.2, 0.25) is 10.0 Å². The molecule has 0 aliphatic rings. The third-order valence-electron chi connectivity index (χ3n) is 2.11. The maximum absolute atomic E-state index is 11.1. The topological polar surface area (TPSA) is 98.0 Å². The van der Waals surface area contributed by atoms with Crippen molar-refractivity contribution in [1.82, 2.24) is 9.97 Å². The van der Waals surface area contributed by atoms with Crippen LogP contribution in [0.3, 0.4) is 0 Å². The largest absolute Gasteiger partial charge is 0.353 e. The van der Waals surface area contributed by atoms with E-state index in [1.807, 2.05) is 13.8 Å². The molecule has 0 radical (unpaired) electrons. The summed E-state index contributed by atoms with van der Waals surface area (Å²) < 4.78 is 22.3. The van der Waals surface area contributed by atoms with Crippen LogP contribution in [0.25, 0.3) is 0 Å². The minimum Gasteiger partial charge on any atom is -0.353 e. The van der Waals surface area contributed by atoms with E-state index in [2.05, 4.69) is 15.3 Å². The van der Waals surface area contributed by atoms with E-state index in [4.69, 9.17) is 5.14 Å². The molecule has 18 heavy (non-hydrogen) atoms. The van der Waals surface area contributed by atoms with Gasteiger partial charge < -0.3 is 5.32 Å². The molecular formula is C9H12N4O2S3. The fraction of sp³-hybridized carbons (Fsp3) is 0.333. The summed E-state index contributed by atoms with van der Waals surface area (Å²) in [5.41, 5.74) is 0. The molecule has 2 rings (SSSR count). The first-order valence-corrected chi connectivity index (χ1v) is 8.21. The molecule has 0 spiro atoms. The van der Waals surface area contributed by atoms with Crippen LogP contribution >= 0.6 is 22.7 Å². The third kappa shape index (κ3) is 3.05. The van der Waals surface area contributed by atoms with Gasteiger partial charge in [-0.05, 0) is 13.8 Å². The van der Waals surface area contributed by atoms with Crippen molar-refractivity contribution in [1.29, 1.82) is 0 Å². The molecule has 0 saturated carbocycles. The Bertz CT molecular complexity index is 646. The number of primary sulfonamides is 1. The van der Waals surface area contributed by atoms with Gasteiger partial charge in [-0.2, -0.15) is 0 Å². The molecule has 0 aliphatic heterocycles. The Morgan fingerprint density at radius 1 is 1.33 bits per heavy atom. The molecule has 0 bridgehead atoms. The van der Waals surface area contributed by atoms with E-state index in [0.29, 0.717) is 5.13 Å². The zero-order valence-corrected chi connectivity index (χ0v) is 12.2. The lowest BCUT2D eigenvalue weighted by Crippen LogP contribution is -2.10. The number of hydrogen-bond donors (Lipinski definition) is 2. The summed E-state index contributed by atoms with van der Waals surface area (Å²) >= 11 is 2.60. The van der Waals surface area contributed by atoms with Gasteiger partial charge in [0.1, 0.15) is 5.01 Å². The highest BCUT2D eigenvalue weighted by molar-refractivity contribution is 7.91. The normalized spacial score (nSPS) is 13.5. The molecule has 9 heteroatoms. The van der Waals surface area contributed by atoms with Gasteiger partial charge in [-0.15, -0.1) is 11.3 Å². The summed E-state index contributed by atoms with van der Waals surface area (Å²) in [6, 6.07) is -0.0248. The van der Waals surface area contributed by atoms with E-state index in [-0.39, 0.29) is 10.3 Å². The molecule has 2 heterocycles. The first kappa shape index (κ1) is 13.4. The van der Waals surface area contributed by atoms with Crippen molar-refractivity contribution < 1.29 is 8.42 Å². The van der Waals surface area contributed by atoms with Crippen molar-refractivity contribution in [3.8, 4) is 0 Å². The van der Waals surface area contributed by atoms with Crippen molar-refractivity contribution >= 4 is 37.8 Å². The van der Waals surface area contributed by atoms with Crippen LogP contribution in [0.4, 0.5) is 5.13 Å². The Kier molecular flexibility index (Phi) is 3.66. The van der Waals surface area contributed by atoms with Crippen LogP contribution in [0, 0.1) is 6.92 Å². The number of aryl methyl sites for hydroxylation is 1. The lowest BCUT2D eigenvalue weighted by Gasteiger charge is -2.08. The fourth-order valence-electron chi connectivity index (χ4n) is 1.28. The summed E-state index contributed by atoms with van der Waals surface area (Å²) in [5, 5.41) is 9.56. The zero-order valence-electron chi connectivity index (χ0n) is 9.75. The standard InChI is InChI=1S/C9H12N4O2S3/c1-5-3-11-8(16-5)6(2)13-9-12-4-7(17-9)18(10,14)15/h3-4,6H,1-2H3,(H,12,13)(H2,10,14,15). The number of rotatable bonds is 4. The minimum absolute atomic E-state index is 0.0248. The van der Waals surface area contributed by atoms with Gasteiger partial charge in [0.25, 0.3) is 0 Å². The highest BCUT2D eigenvalue weighted by Gasteiger charge is 2.15. The number of nitrogens with one attached hydrogen (secondary N) is 1. The molecule has 3 N–H and O–H groups in total. The smallest absolute Gasteiger partial charge is 0.249 e. The molecule has 0 saturated heterocycles. The summed E-state index contributed by atoms with van der Waals surface area (Å²) in [7, 11) is -3.68. The van der Waals surface area contributed by atoms with E-state index < -0.39 is 10.0 Å². The van der Waals surface area contributed by atoms with E-state index >= 15 is 0 Å².